The number of methoxy groups -OCH3 is 1. The number of rotatable bonds is 4. The van der Waals surface area contributed by atoms with Crippen LogP contribution in [0.1, 0.15) is 32.4 Å². The number of hydrogen-bond donors (Lipinski definition) is 1. The summed E-state index contributed by atoms with van der Waals surface area (Å²) < 4.78 is 10.7. The lowest BCUT2D eigenvalue weighted by atomic mass is 10.1. The lowest BCUT2D eigenvalue weighted by Gasteiger charge is -2.22. The Labute approximate surface area is 97.6 Å². The standard InChI is InChI=1S/C13H21NO2/c1-13(2,3)16-9-12(14)10-5-7-11(15-4)8-6-10/h5-8,12H,9,14H2,1-4H3. The Morgan fingerprint density at radius 3 is 2.19 bits per heavy atom. The third kappa shape index (κ3) is 4.21. The lowest BCUT2D eigenvalue weighted by molar-refractivity contribution is -0.0102. The number of nitrogens with two attached hydrogens (primary N) is 1. The number of ether oxygens (including phenoxy) is 2. The van der Waals surface area contributed by atoms with Crippen LogP contribution in [0.3, 0.4) is 0 Å². The molecule has 16 heavy (non-hydrogen) atoms. The summed E-state index contributed by atoms with van der Waals surface area (Å²) in [5.74, 6) is 0.840. The molecule has 0 fully saturated rings. The van der Waals surface area contributed by atoms with Gasteiger partial charge in [0.15, 0.2) is 0 Å². The zero-order chi connectivity index (χ0) is 12.2. The van der Waals surface area contributed by atoms with Crippen molar-refractivity contribution >= 4 is 0 Å². The third-order valence-electron chi connectivity index (χ3n) is 2.24. The van der Waals surface area contributed by atoms with Crippen molar-refractivity contribution in [2.75, 3.05) is 13.7 Å². The van der Waals surface area contributed by atoms with E-state index in [2.05, 4.69) is 0 Å². The van der Waals surface area contributed by atoms with Gasteiger partial charge in [-0.3, -0.25) is 0 Å². The zero-order valence-electron chi connectivity index (χ0n) is 10.5. The molecule has 0 saturated carbocycles. The molecule has 3 heteroatoms. The van der Waals surface area contributed by atoms with Crippen molar-refractivity contribution in [2.45, 2.75) is 32.4 Å². The Morgan fingerprint density at radius 2 is 1.75 bits per heavy atom. The molecule has 0 bridgehead atoms. The van der Waals surface area contributed by atoms with Crippen LogP contribution in [-0.2, 0) is 4.74 Å². The maximum atomic E-state index is 6.03. The van der Waals surface area contributed by atoms with Crippen LogP contribution in [0.25, 0.3) is 0 Å². The van der Waals surface area contributed by atoms with Crippen molar-refractivity contribution in [3.05, 3.63) is 29.8 Å². The van der Waals surface area contributed by atoms with E-state index in [9.17, 15) is 0 Å². The Balaban J connectivity index is 2.56. The third-order valence-corrected chi connectivity index (χ3v) is 2.24. The molecule has 0 heterocycles. The van der Waals surface area contributed by atoms with Gasteiger partial charge >= 0.3 is 0 Å². The minimum Gasteiger partial charge on any atom is -0.497 e. The van der Waals surface area contributed by atoms with Crippen LogP contribution in [0.15, 0.2) is 24.3 Å². The maximum absolute atomic E-state index is 6.03. The van der Waals surface area contributed by atoms with Crippen molar-refractivity contribution < 1.29 is 9.47 Å². The lowest BCUT2D eigenvalue weighted by Crippen LogP contribution is -2.26. The number of hydrogen-bond acceptors (Lipinski definition) is 3. The van der Waals surface area contributed by atoms with Crippen LogP contribution in [0, 0.1) is 0 Å². The van der Waals surface area contributed by atoms with Gasteiger partial charge in [0.05, 0.1) is 25.4 Å². The molecular weight excluding hydrogens is 202 g/mol. The van der Waals surface area contributed by atoms with Gasteiger partial charge in [-0.2, -0.15) is 0 Å². The van der Waals surface area contributed by atoms with Gasteiger partial charge in [-0.1, -0.05) is 12.1 Å². The molecule has 0 aliphatic carbocycles. The van der Waals surface area contributed by atoms with E-state index in [1.165, 1.54) is 0 Å². The van der Waals surface area contributed by atoms with Gasteiger partial charge in [-0.25, -0.2) is 0 Å². The van der Waals surface area contributed by atoms with Crippen molar-refractivity contribution in [3.8, 4) is 5.75 Å². The highest BCUT2D eigenvalue weighted by Gasteiger charge is 2.13. The number of benzene rings is 1. The van der Waals surface area contributed by atoms with Crippen molar-refractivity contribution in [1.29, 1.82) is 0 Å². The van der Waals surface area contributed by atoms with Crippen LogP contribution in [0.2, 0.25) is 0 Å². The zero-order valence-corrected chi connectivity index (χ0v) is 10.5. The molecule has 0 aromatic heterocycles. The molecule has 0 radical (unpaired) electrons. The summed E-state index contributed by atoms with van der Waals surface area (Å²) in [5.41, 5.74) is 6.94. The fourth-order valence-electron chi connectivity index (χ4n) is 1.29. The molecule has 0 saturated heterocycles. The van der Waals surface area contributed by atoms with E-state index in [-0.39, 0.29) is 11.6 Å². The summed E-state index contributed by atoms with van der Waals surface area (Å²) in [5, 5.41) is 0. The van der Waals surface area contributed by atoms with Gasteiger partial charge in [0, 0.05) is 0 Å². The molecule has 0 spiro atoms. The van der Waals surface area contributed by atoms with E-state index in [1.807, 2.05) is 45.0 Å². The minimum absolute atomic E-state index is 0.0925. The average molecular weight is 223 g/mol. The van der Waals surface area contributed by atoms with E-state index < -0.39 is 0 Å². The highest BCUT2D eigenvalue weighted by molar-refractivity contribution is 5.28. The highest BCUT2D eigenvalue weighted by Crippen LogP contribution is 2.18. The van der Waals surface area contributed by atoms with Crippen LogP contribution in [0.5, 0.6) is 5.75 Å². The predicted octanol–water partition coefficient (Wildman–Crippen LogP) is 2.51. The summed E-state index contributed by atoms with van der Waals surface area (Å²) in [6.07, 6.45) is 0. The Bertz CT molecular complexity index is 314. The summed E-state index contributed by atoms with van der Waals surface area (Å²) in [4.78, 5) is 0. The highest BCUT2D eigenvalue weighted by atomic mass is 16.5. The molecule has 1 atom stereocenters. The normalized spacial score (nSPS) is 13.6. The van der Waals surface area contributed by atoms with Crippen LogP contribution < -0.4 is 10.5 Å². The fraction of sp³-hybridized carbons (Fsp3) is 0.538. The van der Waals surface area contributed by atoms with E-state index in [0.29, 0.717) is 6.61 Å². The second kappa shape index (κ2) is 5.32. The Hall–Kier alpha value is -1.06. The summed E-state index contributed by atoms with van der Waals surface area (Å²) in [6, 6.07) is 7.66. The second-order valence-corrected chi connectivity index (χ2v) is 4.80. The first-order valence-corrected chi connectivity index (χ1v) is 5.46. The first kappa shape index (κ1) is 13.0. The van der Waals surface area contributed by atoms with E-state index >= 15 is 0 Å². The van der Waals surface area contributed by atoms with Crippen molar-refractivity contribution in [3.63, 3.8) is 0 Å². The summed E-state index contributed by atoms with van der Waals surface area (Å²) >= 11 is 0. The van der Waals surface area contributed by atoms with Gasteiger partial charge in [0.1, 0.15) is 5.75 Å². The van der Waals surface area contributed by atoms with Gasteiger partial charge in [-0.15, -0.1) is 0 Å². The first-order chi connectivity index (χ1) is 7.42. The Morgan fingerprint density at radius 1 is 1.19 bits per heavy atom. The van der Waals surface area contributed by atoms with Gasteiger partial charge in [0.2, 0.25) is 0 Å². The smallest absolute Gasteiger partial charge is 0.118 e. The van der Waals surface area contributed by atoms with Crippen LogP contribution in [-0.4, -0.2) is 19.3 Å². The summed E-state index contributed by atoms with van der Waals surface area (Å²) in [6.45, 7) is 6.59. The molecule has 3 nitrogen and oxygen atoms in total. The van der Waals surface area contributed by atoms with Crippen LogP contribution in [0.4, 0.5) is 0 Å². The molecule has 1 aromatic rings. The van der Waals surface area contributed by atoms with Crippen molar-refractivity contribution in [1.82, 2.24) is 0 Å². The fourth-order valence-corrected chi connectivity index (χ4v) is 1.29. The minimum atomic E-state index is -0.149. The molecule has 1 rings (SSSR count). The molecule has 0 aliphatic heterocycles. The van der Waals surface area contributed by atoms with E-state index in [0.717, 1.165) is 11.3 Å². The molecule has 90 valence electrons. The molecule has 2 N–H and O–H groups in total. The first-order valence-electron chi connectivity index (χ1n) is 5.46. The van der Waals surface area contributed by atoms with E-state index in [1.54, 1.807) is 7.11 Å². The maximum Gasteiger partial charge on any atom is 0.118 e. The topological polar surface area (TPSA) is 44.5 Å². The summed E-state index contributed by atoms with van der Waals surface area (Å²) in [7, 11) is 1.65. The van der Waals surface area contributed by atoms with Gasteiger partial charge in [-0.05, 0) is 38.5 Å². The molecule has 0 aliphatic rings. The van der Waals surface area contributed by atoms with Crippen molar-refractivity contribution in [2.24, 2.45) is 5.73 Å². The van der Waals surface area contributed by atoms with Gasteiger partial charge in [0.25, 0.3) is 0 Å². The molecule has 1 aromatic carbocycles. The largest absolute Gasteiger partial charge is 0.497 e. The monoisotopic (exact) mass is 223 g/mol. The Kier molecular flexibility index (Phi) is 4.33. The quantitative estimate of drug-likeness (QED) is 0.853. The van der Waals surface area contributed by atoms with Gasteiger partial charge < -0.3 is 15.2 Å². The second-order valence-electron chi connectivity index (χ2n) is 4.80. The molecular formula is C13H21NO2. The molecule has 0 amide bonds. The van der Waals surface area contributed by atoms with Crippen LogP contribution >= 0.6 is 0 Å². The SMILES string of the molecule is COc1ccc(C(N)COC(C)(C)C)cc1. The molecule has 1 unspecified atom stereocenters. The predicted molar refractivity (Wildman–Crippen MR) is 65.6 cm³/mol. The average Bonchev–Trinajstić information content (AvgIpc) is 2.25. The van der Waals surface area contributed by atoms with E-state index in [4.69, 9.17) is 15.2 Å².